The number of phenols is 1. The molecule has 2 aromatic rings. The number of pyridine rings is 1. The summed E-state index contributed by atoms with van der Waals surface area (Å²) < 4.78 is 5.12. The lowest BCUT2D eigenvalue weighted by Gasteiger charge is -2.51. The molecule has 1 amide bonds. The van der Waals surface area contributed by atoms with Crippen LogP contribution in [0.1, 0.15) is 24.0 Å². The third-order valence-electron chi connectivity index (χ3n) is 6.07. The van der Waals surface area contributed by atoms with Crippen LogP contribution < -0.4 is 10.1 Å². The predicted octanol–water partition coefficient (Wildman–Crippen LogP) is 2.63. The summed E-state index contributed by atoms with van der Waals surface area (Å²) in [6.45, 7) is 2.20. The number of aromatic nitrogens is 1. The minimum atomic E-state index is -0.0908. The van der Waals surface area contributed by atoms with E-state index in [0.29, 0.717) is 17.7 Å². The van der Waals surface area contributed by atoms with Gasteiger partial charge in [-0.2, -0.15) is 0 Å². The lowest BCUT2D eigenvalue weighted by molar-refractivity contribution is -0.119. The second-order valence-electron chi connectivity index (χ2n) is 7.81. The number of amides is 1. The number of piperidine rings is 3. The fourth-order valence-electron chi connectivity index (χ4n) is 4.56. The first-order valence-electron chi connectivity index (χ1n) is 10.1. The van der Waals surface area contributed by atoms with Crippen molar-refractivity contribution in [3.8, 4) is 11.5 Å². The van der Waals surface area contributed by atoms with Gasteiger partial charge in [0.2, 0.25) is 5.91 Å². The molecule has 0 spiro atoms. The molecule has 0 radical (unpaired) electrons. The highest BCUT2D eigenvalue weighted by Gasteiger charge is 2.42. The highest BCUT2D eigenvalue weighted by molar-refractivity contribution is 5.92. The Morgan fingerprint density at radius 3 is 2.90 bits per heavy atom. The molecule has 1 aromatic carbocycles. The highest BCUT2D eigenvalue weighted by atomic mass is 16.5. The summed E-state index contributed by atoms with van der Waals surface area (Å²) >= 11 is 0. The Morgan fingerprint density at radius 1 is 1.34 bits per heavy atom. The first-order valence-corrected chi connectivity index (χ1v) is 10.1. The van der Waals surface area contributed by atoms with Gasteiger partial charge in [-0.3, -0.25) is 14.7 Å². The number of ether oxygens (including phenoxy) is 1. The largest absolute Gasteiger partial charge is 0.504 e. The lowest BCUT2D eigenvalue weighted by atomic mass is 9.77. The van der Waals surface area contributed by atoms with Gasteiger partial charge in [0.25, 0.3) is 0 Å². The number of nitrogens with one attached hydrogen (secondary N) is 1. The van der Waals surface area contributed by atoms with E-state index in [9.17, 15) is 9.90 Å². The second kappa shape index (κ2) is 8.66. The Hall–Kier alpha value is -2.86. The summed E-state index contributed by atoms with van der Waals surface area (Å²) in [5, 5.41) is 13.0. The number of hydrogen-bond donors (Lipinski definition) is 2. The van der Waals surface area contributed by atoms with E-state index in [1.807, 2.05) is 12.3 Å². The minimum Gasteiger partial charge on any atom is -0.504 e. The third-order valence-corrected chi connectivity index (χ3v) is 6.07. The summed E-state index contributed by atoms with van der Waals surface area (Å²) in [4.78, 5) is 19.4. The van der Waals surface area contributed by atoms with E-state index in [-0.39, 0.29) is 17.7 Å². The van der Waals surface area contributed by atoms with Gasteiger partial charge < -0.3 is 15.2 Å². The number of nitrogens with zero attached hydrogens (tertiary/aromatic N) is 2. The van der Waals surface area contributed by atoms with E-state index in [1.54, 1.807) is 36.5 Å². The van der Waals surface area contributed by atoms with Crippen molar-refractivity contribution in [1.29, 1.82) is 0 Å². The SMILES string of the molecule is COc1cc(/C=C/C(=O)NC2C3CCN(CC3)C2Cc2cccnc2)ccc1O. The number of rotatable bonds is 6. The van der Waals surface area contributed by atoms with Crippen LogP contribution in [0.15, 0.2) is 48.8 Å². The fraction of sp³-hybridized carbons (Fsp3) is 0.391. The molecule has 0 aliphatic carbocycles. The number of phenolic OH excluding ortho intramolecular Hbond substituents is 1. The van der Waals surface area contributed by atoms with Crippen molar-refractivity contribution in [3.63, 3.8) is 0 Å². The first-order chi connectivity index (χ1) is 14.1. The fourth-order valence-corrected chi connectivity index (χ4v) is 4.56. The van der Waals surface area contributed by atoms with Crippen molar-refractivity contribution >= 4 is 12.0 Å². The van der Waals surface area contributed by atoms with Gasteiger partial charge >= 0.3 is 0 Å². The zero-order chi connectivity index (χ0) is 20.2. The number of methoxy groups -OCH3 is 1. The Balaban J connectivity index is 1.45. The van der Waals surface area contributed by atoms with E-state index >= 15 is 0 Å². The standard InChI is InChI=1S/C23H27N3O3/c1-29-21-14-16(4-6-20(21)27)5-7-22(28)25-23-18-8-11-26(12-9-18)19(23)13-17-3-2-10-24-15-17/h2-7,10,14-15,18-19,23,27H,8-9,11-13H2,1H3,(H,25,28)/b7-5+. The van der Waals surface area contributed by atoms with Crippen molar-refractivity contribution in [3.05, 3.63) is 59.9 Å². The zero-order valence-corrected chi connectivity index (χ0v) is 16.6. The van der Waals surface area contributed by atoms with Crippen LogP contribution in [0.3, 0.4) is 0 Å². The van der Waals surface area contributed by atoms with Crippen LogP contribution in [0.5, 0.6) is 11.5 Å². The van der Waals surface area contributed by atoms with E-state index in [0.717, 1.165) is 37.9 Å². The molecule has 2 bridgehead atoms. The maximum absolute atomic E-state index is 12.7. The summed E-state index contributed by atoms with van der Waals surface area (Å²) in [5.41, 5.74) is 2.01. The molecule has 29 heavy (non-hydrogen) atoms. The zero-order valence-electron chi connectivity index (χ0n) is 16.6. The number of aromatic hydroxyl groups is 1. The molecule has 152 valence electrons. The van der Waals surface area contributed by atoms with E-state index in [1.165, 1.54) is 12.7 Å². The summed E-state index contributed by atoms with van der Waals surface area (Å²) in [6, 6.07) is 9.54. The van der Waals surface area contributed by atoms with E-state index in [4.69, 9.17) is 4.74 Å². The summed E-state index contributed by atoms with van der Waals surface area (Å²) in [7, 11) is 1.51. The molecule has 3 saturated heterocycles. The molecule has 3 fully saturated rings. The van der Waals surface area contributed by atoms with Gasteiger partial charge in [-0.25, -0.2) is 0 Å². The van der Waals surface area contributed by atoms with Crippen LogP contribution in [0, 0.1) is 5.92 Å². The number of carbonyl (C=O) groups is 1. The molecule has 4 heterocycles. The number of hydrogen-bond acceptors (Lipinski definition) is 5. The van der Waals surface area contributed by atoms with Crippen LogP contribution in [0.25, 0.3) is 6.08 Å². The van der Waals surface area contributed by atoms with Crippen LogP contribution in [-0.4, -0.2) is 53.2 Å². The maximum Gasteiger partial charge on any atom is 0.244 e. The topological polar surface area (TPSA) is 74.7 Å². The van der Waals surface area contributed by atoms with Crippen LogP contribution in [0.2, 0.25) is 0 Å². The van der Waals surface area contributed by atoms with Gasteiger partial charge in [-0.1, -0.05) is 12.1 Å². The van der Waals surface area contributed by atoms with Crippen molar-refractivity contribution < 1.29 is 14.6 Å². The van der Waals surface area contributed by atoms with E-state index < -0.39 is 0 Å². The highest BCUT2D eigenvalue weighted by Crippen LogP contribution is 2.34. The number of benzene rings is 1. The molecular weight excluding hydrogens is 366 g/mol. The quantitative estimate of drug-likeness (QED) is 0.738. The number of fused-ring (bicyclic) bond motifs is 3. The monoisotopic (exact) mass is 393 g/mol. The predicted molar refractivity (Wildman–Crippen MR) is 112 cm³/mol. The molecule has 0 saturated carbocycles. The lowest BCUT2D eigenvalue weighted by Crippen LogP contribution is -2.64. The smallest absolute Gasteiger partial charge is 0.244 e. The molecule has 2 unspecified atom stereocenters. The third kappa shape index (κ3) is 4.43. The van der Waals surface area contributed by atoms with Crippen molar-refractivity contribution in [2.24, 2.45) is 5.92 Å². The molecule has 2 atom stereocenters. The molecular formula is C23H27N3O3. The van der Waals surface area contributed by atoms with Gasteiger partial charge in [-0.05, 0) is 73.7 Å². The van der Waals surface area contributed by atoms with Crippen LogP contribution in [-0.2, 0) is 11.2 Å². The van der Waals surface area contributed by atoms with Crippen molar-refractivity contribution in [2.45, 2.75) is 31.3 Å². The van der Waals surface area contributed by atoms with Gasteiger partial charge in [0.1, 0.15) is 0 Å². The van der Waals surface area contributed by atoms with Gasteiger partial charge in [0.15, 0.2) is 11.5 Å². The molecule has 6 heteroatoms. The van der Waals surface area contributed by atoms with Crippen LogP contribution in [0.4, 0.5) is 0 Å². The minimum absolute atomic E-state index is 0.0830. The molecule has 2 N–H and O–H groups in total. The summed E-state index contributed by atoms with van der Waals surface area (Å²) in [6.07, 6.45) is 10.2. The van der Waals surface area contributed by atoms with Crippen molar-refractivity contribution in [1.82, 2.24) is 15.2 Å². The Labute approximate surface area is 171 Å². The molecule has 3 aliphatic heterocycles. The average Bonchev–Trinajstić information content (AvgIpc) is 2.76. The maximum atomic E-state index is 12.7. The average molecular weight is 393 g/mol. The molecule has 5 rings (SSSR count). The van der Waals surface area contributed by atoms with E-state index in [2.05, 4.69) is 21.3 Å². The van der Waals surface area contributed by atoms with Crippen LogP contribution >= 0.6 is 0 Å². The van der Waals surface area contributed by atoms with Gasteiger partial charge in [0, 0.05) is 30.6 Å². The molecule has 6 nitrogen and oxygen atoms in total. The first kappa shape index (κ1) is 19.5. The Kier molecular flexibility index (Phi) is 5.81. The molecule has 3 aliphatic rings. The van der Waals surface area contributed by atoms with Crippen molar-refractivity contribution in [2.75, 3.05) is 20.2 Å². The van der Waals surface area contributed by atoms with Gasteiger partial charge in [0.05, 0.1) is 7.11 Å². The normalized spacial score (nSPS) is 25.8. The second-order valence-corrected chi connectivity index (χ2v) is 7.81. The molecule has 1 aromatic heterocycles. The van der Waals surface area contributed by atoms with Gasteiger partial charge in [-0.15, -0.1) is 0 Å². The number of carbonyl (C=O) groups excluding carboxylic acids is 1. The summed E-state index contributed by atoms with van der Waals surface area (Å²) in [5.74, 6) is 0.904. The Bertz CT molecular complexity index is 876. The Morgan fingerprint density at radius 2 is 2.17 bits per heavy atom.